The Morgan fingerprint density at radius 2 is 1.78 bits per heavy atom. The number of aryl methyl sites for hydroxylation is 2. The molecule has 0 unspecified atom stereocenters. The van der Waals surface area contributed by atoms with Crippen molar-refractivity contribution in [1.82, 2.24) is 25.2 Å². The lowest BCUT2D eigenvalue weighted by molar-refractivity contribution is -0.118. The van der Waals surface area contributed by atoms with Gasteiger partial charge in [0.05, 0.1) is 7.11 Å². The predicted octanol–water partition coefficient (Wildman–Crippen LogP) is 2.93. The number of rotatable bonds is 8. The van der Waals surface area contributed by atoms with E-state index in [1.165, 1.54) is 29.5 Å². The fourth-order valence-electron chi connectivity index (χ4n) is 3.25. The SMILES string of the molecule is COC(=O)c1nc(NC(=O)[C@@H](c2ccccc2)n2cnnn2)sc1CCc1ccccc1. The fourth-order valence-corrected chi connectivity index (χ4v) is 4.21. The quantitative estimate of drug-likeness (QED) is 0.413. The van der Waals surface area contributed by atoms with Crippen molar-refractivity contribution in [3.05, 3.63) is 88.7 Å². The molecule has 2 aromatic heterocycles. The molecule has 2 heterocycles. The summed E-state index contributed by atoms with van der Waals surface area (Å²) in [5.74, 6) is -0.909. The normalized spacial score (nSPS) is 11.7. The molecule has 0 spiro atoms. The van der Waals surface area contributed by atoms with E-state index in [4.69, 9.17) is 4.74 Å². The average Bonchev–Trinajstić information content (AvgIpc) is 3.49. The van der Waals surface area contributed by atoms with Crippen LogP contribution in [-0.2, 0) is 22.4 Å². The Bertz CT molecular complexity index is 1180. The zero-order valence-electron chi connectivity index (χ0n) is 17.2. The van der Waals surface area contributed by atoms with E-state index in [-0.39, 0.29) is 11.6 Å². The van der Waals surface area contributed by atoms with Crippen LogP contribution in [-0.4, -0.2) is 44.2 Å². The molecule has 0 aliphatic heterocycles. The Kier molecular flexibility index (Phi) is 6.61. The van der Waals surface area contributed by atoms with Crippen LogP contribution in [0.1, 0.15) is 32.5 Å². The topological polar surface area (TPSA) is 112 Å². The van der Waals surface area contributed by atoms with Gasteiger partial charge in [0.15, 0.2) is 16.9 Å². The number of nitrogens with one attached hydrogen (secondary N) is 1. The maximum atomic E-state index is 13.2. The van der Waals surface area contributed by atoms with Crippen molar-refractivity contribution in [2.45, 2.75) is 18.9 Å². The van der Waals surface area contributed by atoms with Crippen LogP contribution in [0.5, 0.6) is 0 Å². The molecule has 0 aliphatic carbocycles. The van der Waals surface area contributed by atoms with E-state index >= 15 is 0 Å². The summed E-state index contributed by atoms with van der Waals surface area (Å²) in [7, 11) is 1.31. The van der Waals surface area contributed by atoms with Crippen LogP contribution >= 0.6 is 11.3 Å². The Labute approximate surface area is 188 Å². The summed E-state index contributed by atoms with van der Waals surface area (Å²) >= 11 is 1.26. The number of thiazole rings is 1. The molecule has 0 aliphatic rings. The highest BCUT2D eigenvalue weighted by Gasteiger charge is 2.26. The van der Waals surface area contributed by atoms with E-state index in [9.17, 15) is 9.59 Å². The van der Waals surface area contributed by atoms with E-state index in [0.717, 1.165) is 16.9 Å². The zero-order chi connectivity index (χ0) is 22.3. The summed E-state index contributed by atoms with van der Waals surface area (Å²) in [5.41, 5.74) is 2.07. The van der Waals surface area contributed by atoms with Crippen molar-refractivity contribution in [1.29, 1.82) is 0 Å². The van der Waals surface area contributed by atoms with Crippen molar-refractivity contribution in [2.75, 3.05) is 12.4 Å². The van der Waals surface area contributed by atoms with E-state index < -0.39 is 12.0 Å². The number of esters is 1. The number of ether oxygens (including phenoxy) is 1. The highest BCUT2D eigenvalue weighted by atomic mass is 32.1. The van der Waals surface area contributed by atoms with E-state index in [1.807, 2.05) is 60.7 Å². The summed E-state index contributed by atoms with van der Waals surface area (Å²) < 4.78 is 6.26. The minimum atomic E-state index is -0.788. The van der Waals surface area contributed by atoms with Gasteiger partial charge in [-0.3, -0.25) is 10.1 Å². The smallest absolute Gasteiger partial charge is 0.357 e. The first-order valence-electron chi connectivity index (χ1n) is 9.86. The lowest BCUT2D eigenvalue weighted by Crippen LogP contribution is -2.27. The van der Waals surface area contributed by atoms with Crippen molar-refractivity contribution >= 4 is 28.3 Å². The van der Waals surface area contributed by atoms with Crippen LogP contribution in [0.3, 0.4) is 0 Å². The Hall–Kier alpha value is -3.92. The summed E-state index contributed by atoms with van der Waals surface area (Å²) in [4.78, 5) is 30.5. The number of amides is 1. The second-order valence-corrected chi connectivity index (χ2v) is 7.94. The van der Waals surface area contributed by atoms with Crippen LogP contribution in [0.4, 0.5) is 5.13 Å². The van der Waals surface area contributed by atoms with Crippen LogP contribution in [0.2, 0.25) is 0 Å². The first-order valence-corrected chi connectivity index (χ1v) is 10.7. The molecule has 0 fully saturated rings. The molecule has 0 bridgehead atoms. The molecule has 10 heteroatoms. The molecular formula is C22H20N6O3S. The van der Waals surface area contributed by atoms with Crippen molar-refractivity contribution in [3.8, 4) is 0 Å². The van der Waals surface area contributed by atoms with Crippen molar-refractivity contribution in [2.24, 2.45) is 0 Å². The second kappa shape index (κ2) is 9.92. The molecule has 0 saturated carbocycles. The molecule has 162 valence electrons. The zero-order valence-corrected chi connectivity index (χ0v) is 18.0. The molecule has 2 aromatic carbocycles. The van der Waals surface area contributed by atoms with Gasteiger partial charge in [-0.05, 0) is 34.4 Å². The van der Waals surface area contributed by atoms with Gasteiger partial charge < -0.3 is 4.74 Å². The van der Waals surface area contributed by atoms with E-state index in [0.29, 0.717) is 17.1 Å². The van der Waals surface area contributed by atoms with Gasteiger partial charge in [-0.15, -0.1) is 16.4 Å². The number of anilines is 1. The number of nitrogens with zero attached hydrogens (tertiary/aromatic N) is 5. The third-order valence-electron chi connectivity index (χ3n) is 4.78. The lowest BCUT2D eigenvalue weighted by Gasteiger charge is -2.15. The molecule has 1 atom stereocenters. The van der Waals surface area contributed by atoms with Crippen molar-refractivity contribution in [3.63, 3.8) is 0 Å². The van der Waals surface area contributed by atoms with Gasteiger partial charge in [0.25, 0.3) is 5.91 Å². The molecule has 9 nitrogen and oxygen atoms in total. The lowest BCUT2D eigenvalue weighted by atomic mass is 10.1. The molecule has 1 N–H and O–H groups in total. The van der Waals surface area contributed by atoms with Crippen LogP contribution in [0.15, 0.2) is 67.0 Å². The minimum absolute atomic E-state index is 0.211. The van der Waals surface area contributed by atoms with Crippen LogP contribution < -0.4 is 5.32 Å². The number of carbonyl (C=O) groups is 2. The van der Waals surface area contributed by atoms with E-state index in [2.05, 4.69) is 25.8 Å². The minimum Gasteiger partial charge on any atom is -0.464 e. The summed E-state index contributed by atoms with van der Waals surface area (Å²) in [6, 6.07) is 18.3. The number of tetrazole rings is 1. The maximum absolute atomic E-state index is 13.2. The van der Waals surface area contributed by atoms with Crippen molar-refractivity contribution < 1.29 is 14.3 Å². The number of methoxy groups -OCH3 is 1. The van der Waals surface area contributed by atoms with Gasteiger partial charge in [0.1, 0.15) is 6.33 Å². The molecule has 4 aromatic rings. The largest absolute Gasteiger partial charge is 0.464 e. The molecule has 1 amide bonds. The van der Waals surface area contributed by atoms with Crippen LogP contribution in [0.25, 0.3) is 0 Å². The molecular weight excluding hydrogens is 428 g/mol. The summed E-state index contributed by atoms with van der Waals surface area (Å²) in [5, 5.41) is 14.3. The van der Waals surface area contributed by atoms with Gasteiger partial charge in [-0.1, -0.05) is 60.7 Å². The Morgan fingerprint density at radius 1 is 1.06 bits per heavy atom. The predicted molar refractivity (Wildman–Crippen MR) is 118 cm³/mol. The number of aromatic nitrogens is 5. The van der Waals surface area contributed by atoms with Gasteiger partial charge in [0, 0.05) is 4.88 Å². The van der Waals surface area contributed by atoms with Gasteiger partial charge in [0.2, 0.25) is 0 Å². The van der Waals surface area contributed by atoms with Crippen LogP contribution in [0, 0.1) is 0 Å². The molecule has 4 rings (SSSR count). The first-order chi connectivity index (χ1) is 15.7. The second-order valence-electron chi connectivity index (χ2n) is 6.86. The van der Waals surface area contributed by atoms with Gasteiger partial charge in [-0.2, -0.15) is 0 Å². The monoisotopic (exact) mass is 448 g/mol. The van der Waals surface area contributed by atoms with E-state index in [1.54, 1.807) is 0 Å². The summed E-state index contributed by atoms with van der Waals surface area (Å²) in [6.45, 7) is 0. The average molecular weight is 449 g/mol. The molecule has 0 radical (unpaired) electrons. The highest BCUT2D eigenvalue weighted by molar-refractivity contribution is 7.16. The Morgan fingerprint density at radius 3 is 2.44 bits per heavy atom. The molecule has 32 heavy (non-hydrogen) atoms. The van der Waals surface area contributed by atoms with Gasteiger partial charge >= 0.3 is 5.97 Å². The Balaban J connectivity index is 1.58. The number of hydrogen-bond acceptors (Lipinski definition) is 8. The molecule has 0 saturated heterocycles. The third-order valence-corrected chi connectivity index (χ3v) is 5.81. The maximum Gasteiger partial charge on any atom is 0.357 e. The number of benzene rings is 2. The van der Waals surface area contributed by atoms with Gasteiger partial charge in [-0.25, -0.2) is 14.5 Å². The first kappa shape index (κ1) is 21.3. The number of hydrogen-bond donors (Lipinski definition) is 1. The third kappa shape index (κ3) is 4.86. The summed E-state index contributed by atoms with van der Waals surface area (Å²) in [6.07, 6.45) is 2.71. The standard InChI is InChI=1S/C22H20N6O3S/c1-31-21(30)18-17(13-12-15-8-4-2-5-9-15)32-22(24-18)25-20(29)19(28-14-23-26-27-28)16-10-6-3-7-11-16/h2-11,14,19H,12-13H2,1H3,(H,24,25,29)/t19-/m1/s1. The highest BCUT2D eigenvalue weighted by Crippen LogP contribution is 2.27. The fraction of sp³-hybridized carbons (Fsp3) is 0.182. The number of carbonyl (C=O) groups excluding carboxylic acids is 2.